The normalized spacial score (nSPS) is 10.1. The number of nitrogens with zero attached hydrogens (tertiary/aromatic N) is 3. The number of amides is 1. The van der Waals surface area contributed by atoms with E-state index in [-0.39, 0.29) is 17.3 Å². The first kappa shape index (κ1) is 14.0. The predicted molar refractivity (Wildman–Crippen MR) is 75.1 cm³/mol. The lowest BCUT2D eigenvalue weighted by atomic mass is 10.2. The van der Waals surface area contributed by atoms with E-state index in [1.807, 2.05) is 0 Å². The first-order valence-corrected chi connectivity index (χ1v) is 6.01. The zero-order chi connectivity index (χ0) is 14.7. The Bertz CT molecular complexity index is 658. The molecule has 0 bridgehead atoms. The maximum Gasteiger partial charge on any atom is 0.276 e. The number of non-ortho nitro benzene ring substituents is 1. The smallest absolute Gasteiger partial charge is 0.276 e. The lowest BCUT2D eigenvalue weighted by Gasteiger charge is -2.16. The molecular weight excluding hydrogens is 282 g/mol. The molecule has 0 saturated carbocycles. The molecule has 0 spiro atoms. The van der Waals surface area contributed by atoms with Crippen molar-refractivity contribution in [3.63, 3.8) is 0 Å². The number of carbonyl (C=O) groups excluding carboxylic acids is 1. The monoisotopic (exact) mass is 291 g/mol. The van der Waals surface area contributed by atoms with Gasteiger partial charge in [0.05, 0.1) is 4.92 Å². The molecule has 0 N–H and O–H groups in total. The number of rotatable bonds is 3. The van der Waals surface area contributed by atoms with Crippen molar-refractivity contribution in [1.29, 1.82) is 0 Å². The van der Waals surface area contributed by atoms with Crippen LogP contribution in [0.15, 0.2) is 42.6 Å². The fourth-order valence-electron chi connectivity index (χ4n) is 1.61. The number of hydrogen-bond donors (Lipinski definition) is 0. The minimum atomic E-state index is -0.496. The average molecular weight is 292 g/mol. The number of anilines is 1. The van der Waals surface area contributed by atoms with Crippen LogP contribution in [0.3, 0.4) is 0 Å². The van der Waals surface area contributed by atoms with E-state index in [1.54, 1.807) is 13.1 Å². The van der Waals surface area contributed by atoms with Crippen molar-refractivity contribution in [3.8, 4) is 0 Å². The van der Waals surface area contributed by atoms with Crippen LogP contribution in [0, 0.1) is 10.1 Å². The standard InChI is InChI=1S/C13H10ClN3O3/c1-16(10-2-4-11(5-3-10)17(19)20)13(18)12-8-9(14)6-7-15-12/h2-8H,1H3. The van der Waals surface area contributed by atoms with Crippen LogP contribution in [0.25, 0.3) is 0 Å². The molecule has 0 radical (unpaired) electrons. The Morgan fingerprint density at radius 2 is 1.95 bits per heavy atom. The Hall–Kier alpha value is -2.47. The van der Waals surface area contributed by atoms with Gasteiger partial charge in [0.25, 0.3) is 11.6 Å². The summed E-state index contributed by atoms with van der Waals surface area (Å²) in [6.45, 7) is 0. The zero-order valence-corrected chi connectivity index (χ0v) is 11.2. The Labute approximate surface area is 119 Å². The summed E-state index contributed by atoms with van der Waals surface area (Å²) in [6, 6.07) is 8.71. The van der Waals surface area contributed by atoms with Gasteiger partial charge in [-0.15, -0.1) is 0 Å². The van der Waals surface area contributed by atoms with Crippen molar-refractivity contribution >= 4 is 28.9 Å². The van der Waals surface area contributed by atoms with Gasteiger partial charge in [-0.25, -0.2) is 0 Å². The molecule has 0 fully saturated rings. The highest BCUT2D eigenvalue weighted by atomic mass is 35.5. The second kappa shape index (κ2) is 5.66. The van der Waals surface area contributed by atoms with E-state index in [2.05, 4.69) is 4.98 Å². The minimum absolute atomic E-state index is 0.0320. The number of benzene rings is 1. The highest BCUT2D eigenvalue weighted by Gasteiger charge is 2.16. The number of nitro groups is 1. The maximum atomic E-state index is 12.2. The second-order valence-corrected chi connectivity index (χ2v) is 4.43. The SMILES string of the molecule is CN(C(=O)c1cc(Cl)ccn1)c1ccc([N+](=O)[O-])cc1. The van der Waals surface area contributed by atoms with Crippen LogP contribution in [0.4, 0.5) is 11.4 Å². The van der Waals surface area contributed by atoms with E-state index >= 15 is 0 Å². The van der Waals surface area contributed by atoms with Crippen molar-refractivity contribution in [2.45, 2.75) is 0 Å². The Balaban J connectivity index is 2.24. The Morgan fingerprint density at radius 3 is 2.50 bits per heavy atom. The van der Waals surface area contributed by atoms with Gasteiger partial charge in [0.1, 0.15) is 5.69 Å². The topological polar surface area (TPSA) is 76.3 Å². The molecule has 1 amide bonds. The minimum Gasteiger partial charge on any atom is -0.310 e. The molecule has 0 atom stereocenters. The number of pyridine rings is 1. The lowest BCUT2D eigenvalue weighted by molar-refractivity contribution is -0.384. The first-order chi connectivity index (χ1) is 9.49. The molecule has 1 heterocycles. The third-order valence-electron chi connectivity index (χ3n) is 2.69. The molecule has 0 saturated heterocycles. The van der Waals surface area contributed by atoms with Crippen LogP contribution < -0.4 is 4.90 Å². The summed E-state index contributed by atoms with van der Waals surface area (Å²) >= 11 is 5.81. The van der Waals surface area contributed by atoms with Crippen LogP contribution in [0.5, 0.6) is 0 Å². The van der Waals surface area contributed by atoms with Crippen LogP contribution in [-0.2, 0) is 0 Å². The molecule has 1 aromatic heterocycles. The molecule has 0 unspecified atom stereocenters. The van der Waals surface area contributed by atoms with Crippen molar-refractivity contribution in [2.75, 3.05) is 11.9 Å². The molecule has 2 aromatic rings. The summed E-state index contributed by atoms with van der Waals surface area (Å²) in [4.78, 5) is 27.6. The number of hydrogen-bond acceptors (Lipinski definition) is 4. The van der Waals surface area contributed by atoms with E-state index in [0.717, 1.165) is 0 Å². The molecular formula is C13H10ClN3O3. The zero-order valence-electron chi connectivity index (χ0n) is 10.5. The van der Waals surface area contributed by atoms with E-state index in [9.17, 15) is 14.9 Å². The average Bonchev–Trinajstić information content (AvgIpc) is 2.46. The predicted octanol–water partition coefficient (Wildman–Crippen LogP) is 2.92. The van der Waals surface area contributed by atoms with E-state index in [4.69, 9.17) is 11.6 Å². The highest BCUT2D eigenvalue weighted by molar-refractivity contribution is 6.31. The molecule has 0 aliphatic carbocycles. The summed E-state index contributed by atoms with van der Waals surface area (Å²) in [5, 5.41) is 11.0. The van der Waals surface area contributed by atoms with Gasteiger partial charge in [-0.3, -0.25) is 19.9 Å². The number of halogens is 1. The number of nitro benzene ring substituents is 1. The van der Waals surface area contributed by atoms with Gasteiger partial charge < -0.3 is 4.90 Å². The fourth-order valence-corrected chi connectivity index (χ4v) is 1.77. The quantitative estimate of drug-likeness (QED) is 0.643. The van der Waals surface area contributed by atoms with Crippen LogP contribution >= 0.6 is 11.6 Å². The molecule has 0 aliphatic heterocycles. The fraction of sp³-hybridized carbons (Fsp3) is 0.0769. The third kappa shape index (κ3) is 2.92. The first-order valence-electron chi connectivity index (χ1n) is 5.63. The third-order valence-corrected chi connectivity index (χ3v) is 2.93. The van der Waals surface area contributed by atoms with Gasteiger partial charge in [0, 0.05) is 36.1 Å². The van der Waals surface area contributed by atoms with Crippen molar-refractivity contribution in [2.24, 2.45) is 0 Å². The summed E-state index contributed by atoms with van der Waals surface area (Å²) < 4.78 is 0. The van der Waals surface area contributed by atoms with Crippen molar-refractivity contribution < 1.29 is 9.72 Å². The highest BCUT2D eigenvalue weighted by Crippen LogP contribution is 2.20. The van der Waals surface area contributed by atoms with E-state index in [1.165, 1.54) is 41.4 Å². The van der Waals surface area contributed by atoms with Gasteiger partial charge in [0.2, 0.25) is 0 Å². The molecule has 102 valence electrons. The Kier molecular flexibility index (Phi) is 3.95. The van der Waals surface area contributed by atoms with Crippen LogP contribution in [-0.4, -0.2) is 22.9 Å². The van der Waals surface area contributed by atoms with Gasteiger partial charge in [-0.1, -0.05) is 11.6 Å². The summed E-state index contributed by atoms with van der Waals surface area (Å²) in [6.07, 6.45) is 1.44. The number of carbonyl (C=O) groups is 1. The van der Waals surface area contributed by atoms with Gasteiger partial charge in [-0.2, -0.15) is 0 Å². The van der Waals surface area contributed by atoms with Gasteiger partial charge in [0.15, 0.2) is 0 Å². The van der Waals surface area contributed by atoms with Gasteiger partial charge >= 0.3 is 0 Å². The van der Waals surface area contributed by atoms with Crippen LogP contribution in [0.1, 0.15) is 10.5 Å². The lowest BCUT2D eigenvalue weighted by Crippen LogP contribution is -2.26. The van der Waals surface area contributed by atoms with Crippen molar-refractivity contribution in [3.05, 3.63) is 63.4 Å². The maximum absolute atomic E-state index is 12.2. The van der Waals surface area contributed by atoms with Crippen LogP contribution in [0.2, 0.25) is 5.02 Å². The van der Waals surface area contributed by atoms with E-state index in [0.29, 0.717) is 10.7 Å². The molecule has 7 heteroatoms. The van der Waals surface area contributed by atoms with Gasteiger partial charge in [-0.05, 0) is 24.3 Å². The molecule has 0 aliphatic rings. The van der Waals surface area contributed by atoms with E-state index < -0.39 is 4.92 Å². The second-order valence-electron chi connectivity index (χ2n) is 4.00. The molecule has 2 rings (SSSR count). The summed E-state index contributed by atoms with van der Waals surface area (Å²) in [7, 11) is 1.56. The molecule has 1 aromatic carbocycles. The molecule has 20 heavy (non-hydrogen) atoms. The molecule has 6 nitrogen and oxygen atoms in total. The largest absolute Gasteiger partial charge is 0.310 e. The summed E-state index contributed by atoms with van der Waals surface area (Å²) in [5.74, 6) is -0.346. The Morgan fingerprint density at radius 1 is 1.30 bits per heavy atom. The van der Waals surface area contributed by atoms with Crippen molar-refractivity contribution in [1.82, 2.24) is 4.98 Å². The summed E-state index contributed by atoms with van der Waals surface area (Å²) in [5.41, 5.74) is 0.705. The number of aromatic nitrogens is 1.